The van der Waals surface area contributed by atoms with Gasteiger partial charge in [-0.3, -0.25) is 9.69 Å². The van der Waals surface area contributed by atoms with Crippen LogP contribution in [0.1, 0.15) is 67.8 Å². The molecular formula is C26H35FN2O2. The summed E-state index contributed by atoms with van der Waals surface area (Å²) >= 11 is 0. The molecule has 1 fully saturated rings. The van der Waals surface area contributed by atoms with Crippen molar-refractivity contribution >= 4 is 5.91 Å². The Bertz CT molecular complexity index is 904. The van der Waals surface area contributed by atoms with Crippen molar-refractivity contribution in [2.24, 2.45) is 5.92 Å². The fourth-order valence-electron chi connectivity index (χ4n) is 4.44. The van der Waals surface area contributed by atoms with Crippen molar-refractivity contribution in [2.45, 2.75) is 59.0 Å². The van der Waals surface area contributed by atoms with Gasteiger partial charge in [0.1, 0.15) is 11.6 Å². The Balaban J connectivity index is 1.58. The van der Waals surface area contributed by atoms with Crippen LogP contribution in [0.25, 0.3) is 0 Å². The van der Waals surface area contributed by atoms with Crippen molar-refractivity contribution in [3.05, 3.63) is 64.5 Å². The maximum Gasteiger partial charge on any atom is 0.223 e. The highest BCUT2D eigenvalue weighted by molar-refractivity contribution is 5.79. The second-order valence-electron chi connectivity index (χ2n) is 8.98. The Morgan fingerprint density at radius 1 is 1.16 bits per heavy atom. The predicted octanol–water partition coefficient (Wildman–Crippen LogP) is 5.36. The van der Waals surface area contributed by atoms with Crippen LogP contribution in [0, 0.1) is 18.7 Å². The molecule has 31 heavy (non-hydrogen) atoms. The molecule has 4 nitrogen and oxygen atoms in total. The molecular weight excluding hydrogens is 391 g/mol. The second-order valence-corrected chi connectivity index (χ2v) is 8.98. The predicted molar refractivity (Wildman–Crippen MR) is 123 cm³/mol. The standard InChI is InChI=1S/C26H35FN2O2/c1-17(2)22-15-23(18(3)14-25(22)31-5)19(4)28-26(30)20-10-12-29(13-11-20)16-21-8-6-7-9-24(21)27/h6-9,14-15,17,19-20H,10-13,16H2,1-5H3,(H,28,30)/t19-/m0/s1. The lowest BCUT2D eigenvalue weighted by atomic mass is 9.92. The summed E-state index contributed by atoms with van der Waals surface area (Å²) in [4.78, 5) is 15.2. The number of nitrogens with one attached hydrogen (secondary N) is 1. The number of amides is 1. The minimum atomic E-state index is -0.160. The normalized spacial score (nSPS) is 16.4. The Labute approximate surface area is 185 Å². The first-order valence-corrected chi connectivity index (χ1v) is 11.2. The number of piperidine rings is 1. The van der Waals surface area contributed by atoms with E-state index < -0.39 is 0 Å². The van der Waals surface area contributed by atoms with Crippen LogP contribution in [0.2, 0.25) is 0 Å². The SMILES string of the molecule is COc1cc(C)c([C@H](C)NC(=O)C2CCN(Cc3ccccc3F)CC2)cc1C(C)C. The van der Waals surface area contributed by atoms with Crippen LogP contribution in [0.3, 0.4) is 0 Å². The van der Waals surface area contributed by atoms with E-state index in [1.807, 2.05) is 19.1 Å². The summed E-state index contributed by atoms with van der Waals surface area (Å²) in [5, 5.41) is 3.23. The van der Waals surface area contributed by atoms with Crippen LogP contribution in [0.5, 0.6) is 5.75 Å². The first kappa shape index (κ1) is 23.3. The van der Waals surface area contributed by atoms with E-state index in [1.54, 1.807) is 13.2 Å². The molecule has 1 aliphatic heterocycles. The van der Waals surface area contributed by atoms with E-state index in [9.17, 15) is 9.18 Å². The van der Waals surface area contributed by atoms with Gasteiger partial charge >= 0.3 is 0 Å². The zero-order chi connectivity index (χ0) is 22.5. The van der Waals surface area contributed by atoms with Gasteiger partial charge in [0.15, 0.2) is 0 Å². The molecule has 0 aliphatic carbocycles. The van der Waals surface area contributed by atoms with Crippen LogP contribution < -0.4 is 10.1 Å². The topological polar surface area (TPSA) is 41.6 Å². The number of aryl methyl sites for hydroxylation is 1. The molecule has 0 bridgehead atoms. The summed E-state index contributed by atoms with van der Waals surface area (Å²) in [6.45, 7) is 10.6. The Hall–Kier alpha value is -2.40. The van der Waals surface area contributed by atoms with E-state index in [0.717, 1.165) is 53.9 Å². The molecule has 2 aromatic carbocycles. The van der Waals surface area contributed by atoms with Gasteiger partial charge in [-0.2, -0.15) is 0 Å². The van der Waals surface area contributed by atoms with Crippen LogP contribution in [-0.4, -0.2) is 31.0 Å². The molecule has 0 spiro atoms. The van der Waals surface area contributed by atoms with E-state index in [1.165, 1.54) is 6.07 Å². The highest BCUT2D eigenvalue weighted by atomic mass is 19.1. The largest absolute Gasteiger partial charge is 0.496 e. The molecule has 1 atom stereocenters. The second kappa shape index (κ2) is 10.3. The number of benzene rings is 2. The number of hydrogen-bond acceptors (Lipinski definition) is 3. The molecule has 1 N–H and O–H groups in total. The highest BCUT2D eigenvalue weighted by Gasteiger charge is 2.27. The maximum absolute atomic E-state index is 13.9. The fraction of sp³-hybridized carbons (Fsp3) is 0.500. The third-order valence-corrected chi connectivity index (χ3v) is 6.38. The van der Waals surface area contributed by atoms with Gasteiger partial charge in [-0.25, -0.2) is 4.39 Å². The molecule has 1 saturated heterocycles. The van der Waals surface area contributed by atoms with E-state index in [4.69, 9.17) is 4.74 Å². The number of rotatable bonds is 7. The summed E-state index contributed by atoms with van der Waals surface area (Å²) in [5.74, 6) is 1.20. The fourth-order valence-corrected chi connectivity index (χ4v) is 4.44. The zero-order valence-electron chi connectivity index (χ0n) is 19.4. The molecule has 1 aliphatic rings. The van der Waals surface area contributed by atoms with Crippen molar-refractivity contribution < 1.29 is 13.9 Å². The lowest BCUT2D eigenvalue weighted by Crippen LogP contribution is -2.41. The molecule has 168 valence electrons. The molecule has 3 rings (SSSR count). The first-order chi connectivity index (χ1) is 14.8. The number of likely N-dealkylation sites (tertiary alicyclic amines) is 1. The minimum absolute atomic E-state index is 0.00226. The van der Waals surface area contributed by atoms with Gasteiger partial charge in [0.2, 0.25) is 5.91 Å². The summed E-state index contributed by atoms with van der Waals surface area (Å²) in [5.41, 5.74) is 4.13. The Kier molecular flexibility index (Phi) is 7.71. The monoisotopic (exact) mass is 426 g/mol. The number of methoxy groups -OCH3 is 1. The van der Waals surface area contributed by atoms with Crippen molar-refractivity contribution in [1.29, 1.82) is 0 Å². The molecule has 1 heterocycles. The van der Waals surface area contributed by atoms with Gasteiger partial charge in [-0.05, 0) is 80.6 Å². The minimum Gasteiger partial charge on any atom is -0.496 e. The molecule has 0 radical (unpaired) electrons. The molecule has 0 unspecified atom stereocenters. The average Bonchev–Trinajstić information content (AvgIpc) is 2.75. The number of nitrogens with zero attached hydrogens (tertiary/aromatic N) is 1. The van der Waals surface area contributed by atoms with E-state index in [2.05, 4.69) is 43.1 Å². The summed E-state index contributed by atoms with van der Waals surface area (Å²) in [7, 11) is 1.70. The van der Waals surface area contributed by atoms with Gasteiger partial charge in [-0.1, -0.05) is 32.0 Å². The smallest absolute Gasteiger partial charge is 0.223 e. The molecule has 1 amide bonds. The summed E-state index contributed by atoms with van der Waals surface area (Å²) in [6.07, 6.45) is 1.59. The Morgan fingerprint density at radius 3 is 2.45 bits per heavy atom. The van der Waals surface area contributed by atoms with Crippen LogP contribution in [0.15, 0.2) is 36.4 Å². The highest BCUT2D eigenvalue weighted by Crippen LogP contribution is 2.32. The van der Waals surface area contributed by atoms with E-state index >= 15 is 0 Å². The van der Waals surface area contributed by atoms with Crippen LogP contribution in [0.4, 0.5) is 4.39 Å². The van der Waals surface area contributed by atoms with Gasteiger partial charge in [0.25, 0.3) is 0 Å². The van der Waals surface area contributed by atoms with Gasteiger partial charge in [0.05, 0.1) is 13.2 Å². The molecule has 2 aromatic rings. The van der Waals surface area contributed by atoms with Gasteiger partial charge in [0, 0.05) is 18.0 Å². The molecule has 0 aromatic heterocycles. The van der Waals surface area contributed by atoms with Crippen molar-refractivity contribution in [3.8, 4) is 5.75 Å². The third kappa shape index (κ3) is 5.65. The van der Waals surface area contributed by atoms with Gasteiger partial charge in [-0.15, -0.1) is 0 Å². The van der Waals surface area contributed by atoms with Crippen LogP contribution >= 0.6 is 0 Å². The van der Waals surface area contributed by atoms with E-state index in [0.29, 0.717) is 12.5 Å². The number of carbonyl (C=O) groups excluding carboxylic acids is 1. The molecule has 5 heteroatoms. The third-order valence-electron chi connectivity index (χ3n) is 6.38. The summed E-state index contributed by atoms with van der Waals surface area (Å²) in [6, 6.07) is 11.1. The lowest BCUT2D eigenvalue weighted by molar-refractivity contribution is -0.127. The maximum atomic E-state index is 13.9. The first-order valence-electron chi connectivity index (χ1n) is 11.2. The van der Waals surface area contributed by atoms with E-state index in [-0.39, 0.29) is 23.7 Å². The van der Waals surface area contributed by atoms with Gasteiger partial charge < -0.3 is 10.1 Å². The number of carbonyl (C=O) groups is 1. The van der Waals surface area contributed by atoms with Crippen molar-refractivity contribution in [3.63, 3.8) is 0 Å². The quantitative estimate of drug-likeness (QED) is 0.648. The molecule has 0 saturated carbocycles. The average molecular weight is 427 g/mol. The Morgan fingerprint density at radius 2 is 1.84 bits per heavy atom. The number of ether oxygens (including phenoxy) is 1. The lowest BCUT2D eigenvalue weighted by Gasteiger charge is -2.32. The van der Waals surface area contributed by atoms with Crippen LogP contribution in [-0.2, 0) is 11.3 Å². The number of hydrogen-bond donors (Lipinski definition) is 1. The summed E-state index contributed by atoms with van der Waals surface area (Å²) < 4.78 is 19.5. The number of halogens is 1. The van der Waals surface area contributed by atoms with Crippen molar-refractivity contribution in [1.82, 2.24) is 10.2 Å². The van der Waals surface area contributed by atoms with Crippen molar-refractivity contribution in [2.75, 3.05) is 20.2 Å². The zero-order valence-corrected chi connectivity index (χ0v) is 19.4.